The van der Waals surface area contributed by atoms with E-state index in [-0.39, 0.29) is 12.3 Å². The average Bonchev–Trinajstić information content (AvgIpc) is 2.27. The van der Waals surface area contributed by atoms with Crippen molar-refractivity contribution in [1.82, 2.24) is 0 Å². The monoisotopic (exact) mass is 226 g/mol. The first kappa shape index (κ1) is 12.0. The number of nitro groups is 1. The summed E-state index contributed by atoms with van der Waals surface area (Å²) in [4.78, 5) is 11.0. The number of nitro benzene ring substituents is 1. The molecule has 1 rings (SSSR count). The number of nitrogens with zero attached hydrogens (tertiary/aromatic N) is 1. The highest BCUT2D eigenvalue weighted by molar-refractivity contribution is 7.98. The van der Waals surface area contributed by atoms with Crippen molar-refractivity contribution >= 4 is 17.4 Å². The second-order valence-electron chi connectivity index (χ2n) is 3.08. The van der Waals surface area contributed by atoms with Gasteiger partial charge in [-0.1, -0.05) is 13.0 Å². The lowest BCUT2D eigenvalue weighted by molar-refractivity contribution is -0.387. The predicted octanol–water partition coefficient (Wildman–Crippen LogP) is 2.25. The highest BCUT2D eigenvalue weighted by Gasteiger charge is 2.16. The minimum absolute atomic E-state index is 0.0875. The first-order valence-corrected chi connectivity index (χ1v) is 5.58. The Bertz CT molecular complexity index is 368. The van der Waals surface area contributed by atoms with Crippen LogP contribution in [0.5, 0.6) is 0 Å². The average molecular weight is 226 g/mol. The molecule has 0 aromatic heterocycles. The van der Waals surface area contributed by atoms with Gasteiger partial charge in [0.05, 0.1) is 16.4 Å². The zero-order valence-electron chi connectivity index (χ0n) is 8.56. The molecule has 5 heteroatoms. The highest BCUT2D eigenvalue weighted by atomic mass is 32.2. The first-order valence-electron chi connectivity index (χ1n) is 4.36. The van der Waals surface area contributed by atoms with E-state index in [9.17, 15) is 10.1 Å². The van der Waals surface area contributed by atoms with Gasteiger partial charge in [0, 0.05) is 12.0 Å². The topological polar surface area (TPSA) is 63.4 Å². The van der Waals surface area contributed by atoms with Gasteiger partial charge < -0.3 is 5.11 Å². The molecule has 1 radical (unpaired) electrons. The molecule has 0 atom stereocenters. The number of hydrogen-bond acceptors (Lipinski definition) is 4. The van der Waals surface area contributed by atoms with Gasteiger partial charge in [0.1, 0.15) is 0 Å². The first-order chi connectivity index (χ1) is 7.10. The van der Waals surface area contributed by atoms with E-state index in [4.69, 9.17) is 5.11 Å². The normalized spacial score (nSPS) is 10.7. The van der Waals surface area contributed by atoms with Crippen LogP contribution in [0, 0.1) is 16.0 Å². The van der Waals surface area contributed by atoms with Crippen molar-refractivity contribution in [3.63, 3.8) is 0 Å². The Morgan fingerprint density at radius 1 is 1.60 bits per heavy atom. The smallest absolute Gasteiger partial charge is 0.283 e. The molecule has 0 unspecified atom stereocenters. The molecule has 0 aliphatic rings. The van der Waals surface area contributed by atoms with Gasteiger partial charge in [0.25, 0.3) is 5.69 Å². The summed E-state index contributed by atoms with van der Waals surface area (Å²) in [6, 6.07) is 4.99. The van der Waals surface area contributed by atoms with Gasteiger partial charge in [0.2, 0.25) is 0 Å². The largest absolute Gasteiger partial charge is 0.395 e. The van der Waals surface area contributed by atoms with E-state index < -0.39 is 4.92 Å². The Kier molecular flexibility index (Phi) is 4.11. The van der Waals surface area contributed by atoms with Crippen molar-refractivity contribution in [2.24, 2.45) is 0 Å². The lowest BCUT2D eigenvalue weighted by atomic mass is 10.0. The molecule has 4 nitrogen and oxygen atoms in total. The Morgan fingerprint density at radius 3 is 2.73 bits per heavy atom. The molecular weight excluding hydrogens is 214 g/mol. The van der Waals surface area contributed by atoms with Crippen LogP contribution >= 0.6 is 11.8 Å². The second-order valence-corrected chi connectivity index (χ2v) is 3.93. The van der Waals surface area contributed by atoms with Crippen LogP contribution in [0.1, 0.15) is 12.5 Å². The van der Waals surface area contributed by atoms with Gasteiger partial charge in [-0.2, -0.15) is 0 Å². The summed E-state index contributed by atoms with van der Waals surface area (Å²) in [5.74, 6) is 0.728. The molecule has 0 fully saturated rings. The SMILES string of the molecule is CSc1ccc([C](C)CO)cc1[N+](=O)[O-]. The van der Waals surface area contributed by atoms with Gasteiger partial charge in [-0.25, -0.2) is 0 Å². The number of aliphatic hydroxyl groups excluding tert-OH is 1. The van der Waals surface area contributed by atoms with Crippen LogP contribution in [-0.4, -0.2) is 22.9 Å². The third-order valence-electron chi connectivity index (χ3n) is 2.11. The van der Waals surface area contributed by atoms with Gasteiger partial charge in [0.15, 0.2) is 0 Å². The lowest BCUT2D eigenvalue weighted by Crippen LogP contribution is -2.01. The Morgan fingerprint density at radius 2 is 2.27 bits per heavy atom. The maximum Gasteiger partial charge on any atom is 0.283 e. The molecule has 0 saturated heterocycles. The summed E-state index contributed by atoms with van der Waals surface area (Å²) in [6.45, 7) is 1.66. The van der Waals surface area contributed by atoms with Gasteiger partial charge in [-0.05, 0) is 17.9 Å². The Balaban J connectivity index is 3.16. The zero-order chi connectivity index (χ0) is 11.4. The third kappa shape index (κ3) is 2.70. The van der Waals surface area contributed by atoms with Crippen LogP contribution in [0.2, 0.25) is 0 Å². The summed E-state index contributed by atoms with van der Waals surface area (Å²) < 4.78 is 0. The fraction of sp³-hybridized carbons (Fsp3) is 0.300. The van der Waals surface area contributed by atoms with Crippen molar-refractivity contribution in [2.45, 2.75) is 11.8 Å². The Hall–Kier alpha value is -1.07. The molecule has 81 valence electrons. The van der Waals surface area contributed by atoms with Crippen molar-refractivity contribution < 1.29 is 10.0 Å². The minimum atomic E-state index is -0.403. The number of thioether (sulfide) groups is 1. The fourth-order valence-electron chi connectivity index (χ4n) is 1.19. The van der Waals surface area contributed by atoms with Crippen LogP contribution in [0.3, 0.4) is 0 Å². The number of hydrogen-bond donors (Lipinski definition) is 1. The van der Waals surface area contributed by atoms with Crippen LogP contribution in [0.25, 0.3) is 0 Å². The minimum Gasteiger partial charge on any atom is -0.395 e. The van der Waals surface area contributed by atoms with E-state index in [1.807, 2.05) is 0 Å². The standard InChI is InChI=1S/C10H12NO3S/c1-7(6-12)8-3-4-10(15-2)9(5-8)11(13)14/h3-5,12H,6H2,1-2H3. The highest BCUT2D eigenvalue weighted by Crippen LogP contribution is 2.30. The molecule has 1 N–H and O–H groups in total. The van der Waals surface area contributed by atoms with Crippen LogP contribution in [0.15, 0.2) is 23.1 Å². The van der Waals surface area contributed by atoms with E-state index in [2.05, 4.69) is 0 Å². The molecule has 1 aromatic rings. The van der Waals surface area contributed by atoms with Crippen LogP contribution in [-0.2, 0) is 0 Å². The van der Waals surface area contributed by atoms with Crippen LogP contribution in [0.4, 0.5) is 5.69 Å². The molecule has 0 heterocycles. The molecule has 0 saturated carbocycles. The molecule has 0 spiro atoms. The predicted molar refractivity (Wildman–Crippen MR) is 60.0 cm³/mol. The van der Waals surface area contributed by atoms with Crippen molar-refractivity contribution in [1.29, 1.82) is 0 Å². The fourth-order valence-corrected chi connectivity index (χ4v) is 1.74. The second kappa shape index (κ2) is 5.14. The summed E-state index contributed by atoms with van der Waals surface area (Å²) in [5.41, 5.74) is 0.801. The van der Waals surface area contributed by atoms with Crippen molar-refractivity contribution in [2.75, 3.05) is 12.9 Å². The maximum atomic E-state index is 10.8. The molecule has 15 heavy (non-hydrogen) atoms. The molecule has 0 aliphatic carbocycles. The van der Waals surface area contributed by atoms with Crippen LogP contribution < -0.4 is 0 Å². The maximum absolute atomic E-state index is 10.8. The molecule has 0 amide bonds. The van der Waals surface area contributed by atoms with E-state index >= 15 is 0 Å². The Labute approximate surface area is 92.5 Å². The van der Waals surface area contributed by atoms with E-state index in [0.29, 0.717) is 10.5 Å². The molecule has 0 bridgehead atoms. The summed E-state index contributed by atoms with van der Waals surface area (Å²) >= 11 is 1.34. The van der Waals surface area contributed by atoms with Gasteiger partial charge in [-0.3, -0.25) is 10.1 Å². The zero-order valence-corrected chi connectivity index (χ0v) is 9.37. The quantitative estimate of drug-likeness (QED) is 0.486. The van der Waals surface area contributed by atoms with E-state index in [1.54, 1.807) is 25.3 Å². The molecule has 1 aromatic carbocycles. The van der Waals surface area contributed by atoms with Crippen molar-refractivity contribution in [3.05, 3.63) is 39.8 Å². The van der Waals surface area contributed by atoms with Crippen molar-refractivity contribution in [3.8, 4) is 0 Å². The number of benzene rings is 1. The molecule has 0 aliphatic heterocycles. The lowest BCUT2D eigenvalue weighted by Gasteiger charge is -2.08. The van der Waals surface area contributed by atoms with E-state index in [0.717, 1.165) is 5.92 Å². The number of aliphatic hydroxyl groups is 1. The summed E-state index contributed by atoms with van der Waals surface area (Å²) in [6.07, 6.45) is 1.80. The summed E-state index contributed by atoms with van der Waals surface area (Å²) in [5, 5.41) is 19.7. The molecular formula is C10H12NO3S. The van der Waals surface area contributed by atoms with Gasteiger partial charge >= 0.3 is 0 Å². The number of rotatable bonds is 4. The summed E-state index contributed by atoms with van der Waals surface area (Å²) in [7, 11) is 0. The van der Waals surface area contributed by atoms with E-state index in [1.165, 1.54) is 17.8 Å². The van der Waals surface area contributed by atoms with Gasteiger partial charge in [-0.15, -0.1) is 11.8 Å². The third-order valence-corrected chi connectivity index (χ3v) is 2.89.